The number of amides is 1. The number of carbonyl (C=O) groups excluding carboxylic acids is 1. The van der Waals surface area contributed by atoms with E-state index in [9.17, 15) is 4.79 Å². The maximum Gasteiger partial charge on any atom is 0.229 e. The monoisotopic (exact) mass is 232 g/mol. The second-order valence-corrected chi connectivity index (χ2v) is 4.82. The lowest BCUT2D eigenvalue weighted by molar-refractivity contribution is -0.123. The van der Waals surface area contributed by atoms with Gasteiger partial charge in [0.2, 0.25) is 5.91 Å². The zero-order valence-electron chi connectivity index (χ0n) is 10.4. The topological polar surface area (TPSA) is 46.3 Å². The van der Waals surface area contributed by atoms with Gasteiger partial charge in [-0.05, 0) is 37.1 Å². The maximum atomic E-state index is 12.3. The SMILES string of the molecule is CN(C(=O)C1CCCCC1)c1ccc(N)cc1. The molecule has 1 saturated carbocycles. The summed E-state index contributed by atoms with van der Waals surface area (Å²) in [4.78, 5) is 14.0. The molecule has 1 aromatic carbocycles. The molecule has 1 amide bonds. The molecule has 1 fully saturated rings. The first kappa shape index (κ1) is 12.0. The molecule has 92 valence electrons. The highest BCUT2D eigenvalue weighted by Crippen LogP contribution is 2.27. The Morgan fingerprint density at radius 1 is 1.18 bits per heavy atom. The summed E-state index contributed by atoms with van der Waals surface area (Å²) in [6.07, 6.45) is 5.73. The number of rotatable bonds is 2. The van der Waals surface area contributed by atoms with Crippen molar-refractivity contribution >= 4 is 17.3 Å². The Hall–Kier alpha value is -1.51. The van der Waals surface area contributed by atoms with Crippen molar-refractivity contribution in [3.8, 4) is 0 Å². The Bertz CT molecular complexity index is 380. The summed E-state index contributed by atoms with van der Waals surface area (Å²) in [6.45, 7) is 0. The average molecular weight is 232 g/mol. The Balaban J connectivity index is 2.05. The summed E-state index contributed by atoms with van der Waals surface area (Å²) >= 11 is 0. The van der Waals surface area contributed by atoms with E-state index in [0.29, 0.717) is 0 Å². The molecule has 0 saturated heterocycles. The van der Waals surface area contributed by atoms with Crippen LogP contribution in [-0.4, -0.2) is 13.0 Å². The van der Waals surface area contributed by atoms with Crippen LogP contribution < -0.4 is 10.6 Å². The summed E-state index contributed by atoms with van der Waals surface area (Å²) in [5, 5.41) is 0. The number of nitrogens with zero attached hydrogens (tertiary/aromatic N) is 1. The van der Waals surface area contributed by atoms with E-state index in [4.69, 9.17) is 5.73 Å². The highest BCUT2D eigenvalue weighted by Gasteiger charge is 2.24. The molecule has 1 aliphatic rings. The summed E-state index contributed by atoms with van der Waals surface area (Å²) in [7, 11) is 1.85. The van der Waals surface area contributed by atoms with Crippen LogP contribution in [0.2, 0.25) is 0 Å². The third-order valence-electron chi connectivity index (χ3n) is 3.57. The van der Waals surface area contributed by atoms with E-state index >= 15 is 0 Å². The molecular weight excluding hydrogens is 212 g/mol. The van der Waals surface area contributed by atoms with Crippen LogP contribution in [0, 0.1) is 5.92 Å². The molecule has 0 atom stereocenters. The van der Waals surface area contributed by atoms with Gasteiger partial charge in [0, 0.05) is 24.3 Å². The second kappa shape index (κ2) is 5.21. The molecule has 17 heavy (non-hydrogen) atoms. The van der Waals surface area contributed by atoms with E-state index in [-0.39, 0.29) is 11.8 Å². The van der Waals surface area contributed by atoms with Crippen LogP contribution in [0.25, 0.3) is 0 Å². The minimum absolute atomic E-state index is 0.214. The van der Waals surface area contributed by atoms with Crippen molar-refractivity contribution in [1.29, 1.82) is 0 Å². The number of benzene rings is 1. The summed E-state index contributed by atoms with van der Waals surface area (Å²) in [5.74, 6) is 0.459. The van der Waals surface area contributed by atoms with E-state index in [1.807, 2.05) is 31.3 Å². The number of hydrogen-bond donors (Lipinski definition) is 1. The lowest BCUT2D eigenvalue weighted by atomic mass is 9.88. The molecule has 0 aliphatic heterocycles. The number of nitrogen functional groups attached to an aromatic ring is 1. The van der Waals surface area contributed by atoms with Gasteiger partial charge in [-0.2, -0.15) is 0 Å². The van der Waals surface area contributed by atoms with Crippen molar-refractivity contribution < 1.29 is 4.79 Å². The van der Waals surface area contributed by atoms with Gasteiger partial charge in [-0.25, -0.2) is 0 Å². The summed E-state index contributed by atoms with van der Waals surface area (Å²) in [5.41, 5.74) is 7.30. The lowest BCUT2D eigenvalue weighted by Crippen LogP contribution is -2.33. The summed E-state index contributed by atoms with van der Waals surface area (Å²) in [6, 6.07) is 7.46. The minimum Gasteiger partial charge on any atom is -0.399 e. The standard InChI is InChI=1S/C14H20N2O/c1-16(13-9-7-12(15)8-10-13)14(17)11-5-3-2-4-6-11/h7-11H,2-6,15H2,1H3. The quantitative estimate of drug-likeness (QED) is 0.797. The third kappa shape index (κ3) is 2.78. The van der Waals surface area contributed by atoms with Gasteiger partial charge in [0.25, 0.3) is 0 Å². The molecule has 2 rings (SSSR count). The van der Waals surface area contributed by atoms with E-state index in [1.165, 1.54) is 19.3 Å². The number of carbonyl (C=O) groups is 1. The summed E-state index contributed by atoms with van der Waals surface area (Å²) < 4.78 is 0. The Morgan fingerprint density at radius 2 is 1.76 bits per heavy atom. The molecule has 1 aliphatic carbocycles. The zero-order valence-corrected chi connectivity index (χ0v) is 10.4. The Labute approximate surface area is 103 Å². The largest absolute Gasteiger partial charge is 0.399 e. The molecule has 3 heteroatoms. The van der Waals surface area contributed by atoms with Crippen LogP contribution in [0.15, 0.2) is 24.3 Å². The van der Waals surface area contributed by atoms with Crippen molar-refractivity contribution in [1.82, 2.24) is 0 Å². The molecule has 0 heterocycles. The fourth-order valence-corrected chi connectivity index (χ4v) is 2.45. The maximum absolute atomic E-state index is 12.3. The molecule has 3 nitrogen and oxygen atoms in total. The molecule has 0 spiro atoms. The van der Waals surface area contributed by atoms with Crippen molar-refractivity contribution in [2.75, 3.05) is 17.7 Å². The first-order valence-corrected chi connectivity index (χ1v) is 6.31. The second-order valence-electron chi connectivity index (χ2n) is 4.82. The number of anilines is 2. The van der Waals surface area contributed by atoms with Crippen LogP contribution in [-0.2, 0) is 4.79 Å². The third-order valence-corrected chi connectivity index (χ3v) is 3.57. The molecule has 0 radical (unpaired) electrons. The van der Waals surface area contributed by atoms with Crippen molar-refractivity contribution in [2.24, 2.45) is 5.92 Å². The fourth-order valence-electron chi connectivity index (χ4n) is 2.45. The van der Waals surface area contributed by atoms with Crippen molar-refractivity contribution in [3.63, 3.8) is 0 Å². The molecule has 0 unspecified atom stereocenters. The minimum atomic E-state index is 0.214. The number of hydrogen-bond acceptors (Lipinski definition) is 2. The molecule has 2 N–H and O–H groups in total. The van der Waals surface area contributed by atoms with Gasteiger partial charge in [0.1, 0.15) is 0 Å². The molecular formula is C14H20N2O. The van der Waals surface area contributed by atoms with Gasteiger partial charge in [0.05, 0.1) is 0 Å². The van der Waals surface area contributed by atoms with Crippen molar-refractivity contribution in [2.45, 2.75) is 32.1 Å². The fraction of sp³-hybridized carbons (Fsp3) is 0.500. The van der Waals surface area contributed by atoms with Gasteiger partial charge >= 0.3 is 0 Å². The molecule has 0 aromatic heterocycles. The molecule has 1 aromatic rings. The Kier molecular flexibility index (Phi) is 3.67. The van der Waals surface area contributed by atoms with E-state index in [2.05, 4.69) is 0 Å². The van der Waals surface area contributed by atoms with Crippen LogP contribution in [0.1, 0.15) is 32.1 Å². The zero-order chi connectivity index (χ0) is 12.3. The van der Waals surface area contributed by atoms with Gasteiger partial charge in [-0.3, -0.25) is 4.79 Å². The lowest BCUT2D eigenvalue weighted by Gasteiger charge is -2.26. The van der Waals surface area contributed by atoms with Crippen molar-refractivity contribution in [3.05, 3.63) is 24.3 Å². The normalized spacial score (nSPS) is 16.8. The van der Waals surface area contributed by atoms with Crippen LogP contribution in [0.5, 0.6) is 0 Å². The van der Waals surface area contributed by atoms with E-state index in [1.54, 1.807) is 4.90 Å². The van der Waals surface area contributed by atoms with Gasteiger partial charge in [0.15, 0.2) is 0 Å². The Morgan fingerprint density at radius 3 is 2.35 bits per heavy atom. The smallest absolute Gasteiger partial charge is 0.229 e. The van der Waals surface area contributed by atoms with Gasteiger partial charge < -0.3 is 10.6 Å². The average Bonchev–Trinajstić information content (AvgIpc) is 2.39. The van der Waals surface area contributed by atoms with Crippen LogP contribution in [0.4, 0.5) is 11.4 Å². The van der Waals surface area contributed by atoms with Crippen LogP contribution in [0.3, 0.4) is 0 Å². The molecule has 0 bridgehead atoms. The predicted molar refractivity (Wildman–Crippen MR) is 70.8 cm³/mol. The van der Waals surface area contributed by atoms with Gasteiger partial charge in [-0.15, -0.1) is 0 Å². The van der Waals surface area contributed by atoms with E-state index < -0.39 is 0 Å². The first-order valence-electron chi connectivity index (χ1n) is 6.31. The first-order chi connectivity index (χ1) is 8.18. The van der Waals surface area contributed by atoms with E-state index in [0.717, 1.165) is 24.2 Å². The predicted octanol–water partition coefficient (Wildman–Crippen LogP) is 2.81. The highest BCUT2D eigenvalue weighted by molar-refractivity contribution is 5.94. The van der Waals surface area contributed by atoms with Gasteiger partial charge in [-0.1, -0.05) is 19.3 Å². The number of nitrogens with two attached hydrogens (primary N) is 1. The highest BCUT2D eigenvalue weighted by atomic mass is 16.2. The van der Waals surface area contributed by atoms with Crippen LogP contribution >= 0.6 is 0 Å².